The van der Waals surface area contributed by atoms with E-state index < -0.39 is 0 Å². The highest BCUT2D eigenvalue weighted by Gasteiger charge is 2.37. The maximum absolute atomic E-state index is 12.6. The maximum Gasteiger partial charge on any atom is 0.225 e. The highest BCUT2D eigenvalue weighted by molar-refractivity contribution is 5.81. The minimum Gasteiger partial charge on any atom is -0.361 e. The second kappa shape index (κ2) is 8.00. The summed E-state index contributed by atoms with van der Waals surface area (Å²) >= 11 is 0. The van der Waals surface area contributed by atoms with Crippen molar-refractivity contribution in [2.24, 2.45) is 11.8 Å². The van der Waals surface area contributed by atoms with Crippen LogP contribution < -0.4 is 5.32 Å². The zero-order valence-corrected chi connectivity index (χ0v) is 16.2. The van der Waals surface area contributed by atoms with E-state index in [0.717, 1.165) is 76.2 Å². The fourth-order valence-corrected chi connectivity index (χ4v) is 4.42. The lowest BCUT2D eigenvalue weighted by molar-refractivity contribution is -0.134. The molecule has 7 nitrogen and oxygen atoms in total. The van der Waals surface area contributed by atoms with Crippen molar-refractivity contribution in [1.29, 1.82) is 0 Å². The number of likely N-dealkylation sites (tertiary alicyclic amines) is 2. The third-order valence-electron chi connectivity index (χ3n) is 6.16. The van der Waals surface area contributed by atoms with Gasteiger partial charge in [-0.25, -0.2) is 0 Å². The summed E-state index contributed by atoms with van der Waals surface area (Å²) in [4.78, 5) is 29.3. The van der Waals surface area contributed by atoms with E-state index in [1.807, 2.05) is 13.0 Å². The number of rotatable bonds is 5. The molecule has 1 aromatic rings. The second-order valence-corrected chi connectivity index (χ2v) is 8.31. The molecular weight excluding hydrogens is 344 g/mol. The standard InChI is InChI=1S/C20H30N4O3/c1-14-11-17(22-27-14)12-21-19(25)16-3-2-8-24(13-16)18-6-9-23(10-7-18)20(26)15-4-5-15/h11,15-16,18H,2-10,12-13H2,1H3,(H,21,25)/t16-/m1/s1. The lowest BCUT2D eigenvalue weighted by Gasteiger charge is -2.42. The van der Waals surface area contributed by atoms with Crippen molar-refractivity contribution in [3.05, 3.63) is 17.5 Å². The van der Waals surface area contributed by atoms with E-state index in [1.54, 1.807) is 0 Å². The van der Waals surface area contributed by atoms with Crippen LogP contribution in [-0.4, -0.2) is 59.0 Å². The van der Waals surface area contributed by atoms with Gasteiger partial charge in [0, 0.05) is 37.7 Å². The van der Waals surface area contributed by atoms with E-state index in [9.17, 15) is 9.59 Å². The van der Waals surface area contributed by atoms with E-state index in [1.165, 1.54) is 0 Å². The normalized spacial score (nSPS) is 24.8. The molecule has 148 valence electrons. The Hall–Kier alpha value is -1.89. The van der Waals surface area contributed by atoms with E-state index in [0.29, 0.717) is 24.4 Å². The Morgan fingerprint density at radius 1 is 1.15 bits per heavy atom. The predicted octanol–water partition coefficient (Wildman–Crippen LogP) is 1.71. The first kappa shape index (κ1) is 18.5. The topological polar surface area (TPSA) is 78.7 Å². The second-order valence-electron chi connectivity index (χ2n) is 8.31. The Morgan fingerprint density at radius 2 is 1.93 bits per heavy atom. The number of hydrogen-bond donors (Lipinski definition) is 1. The van der Waals surface area contributed by atoms with Gasteiger partial charge in [-0.1, -0.05) is 5.16 Å². The number of hydrogen-bond acceptors (Lipinski definition) is 5. The van der Waals surface area contributed by atoms with Crippen LogP contribution in [0, 0.1) is 18.8 Å². The minimum atomic E-state index is 0.0397. The summed E-state index contributed by atoms with van der Waals surface area (Å²) in [5, 5.41) is 6.93. The van der Waals surface area contributed by atoms with Crippen molar-refractivity contribution in [3.8, 4) is 0 Å². The first-order valence-corrected chi connectivity index (χ1v) is 10.3. The summed E-state index contributed by atoms with van der Waals surface area (Å²) < 4.78 is 5.05. The van der Waals surface area contributed by atoms with E-state index in [2.05, 4.69) is 20.3 Å². The average molecular weight is 374 g/mol. The highest BCUT2D eigenvalue weighted by atomic mass is 16.5. The summed E-state index contributed by atoms with van der Waals surface area (Å²) in [5.41, 5.74) is 0.765. The molecule has 2 saturated heterocycles. The Balaban J connectivity index is 1.24. The zero-order chi connectivity index (χ0) is 18.8. The van der Waals surface area contributed by atoms with E-state index >= 15 is 0 Å². The maximum atomic E-state index is 12.6. The molecule has 1 N–H and O–H groups in total. The average Bonchev–Trinajstić information content (AvgIpc) is 3.47. The molecule has 27 heavy (non-hydrogen) atoms. The monoisotopic (exact) mass is 374 g/mol. The third-order valence-corrected chi connectivity index (χ3v) is 6.16. The Labute approximate surface area is 160 Å². The van der Waals surface area contributed by atoms with Gasteiger partial charge in [-0.2, -0.15) is 0 Å². The van der Waals surface area contributed by atoms with Gasteiger partial charge in [0.25, 0.3) is 0 Å². The molecule has 0 radical (unpaired) electrons. The number of piperidine rings is 2. The smallest absolute Gasteiger partial charge is 0.225 e. The number of amides is 2. The molecule has 1 aromatic heterocycles. The number of nitrogens with zero attached hydrogens (tertiary/aromatic N) is 3. The number of carbonyl (C=O) groups is 2. The van der Waals surface area contributed by atoms with Crippen LogP contribution in [0.5, 0.6) is 0 Å². The molecule has 3 heterocycles. The van der Waals surface area contributed by atoms with Gasteiger partial charge in [-0.15, -0.1) is 0 Å². The number of aromatic nitrogens is 1. The van der Waals surface area contributed by atoms with Crippen molar-refractivity contribution in [2.75, 3.05) is 26.2 Å². The molecule has 4 rings (SSSR count). The Morgan fingerprint density at radius 3 is 2.59 bits per heavy atom. The fraction of sp³-hybridized carbons (Fsp3) is 0.750. The quantitative estimate of drug-likeness (QED) is 0.849. The molecule has 0 aromatic carbocycles. The van der Waals surface area contributed by atoms with Gasteiger partial charge in [0.05, 0.1) is 12.5 Å². The number of nitrogens with one attached hydrogen (secondary N) is 1. The molecule has 2 aliphatic heterocycles. The van der Waals surface area contributed by atoms with Crippen LogP contribution >= 0.6 is 0 Å². The first-order chi connectivity index (χ1) is 13.1. The fourth-order valence-electron chi connectivity index (χ4n) is 4.42. The molecule has 1 atom stereocenters. The number of aryl methyl sites for hydroxylation is 1. The van der Waals surface area contributed by atoms with Gasteiger partial charge in [-0.05, 0) is 52.0 Å². The molecule has 3 aliphatic rings. The Kier molecular flexibility index (Phi) is 5.48. The molecule has 0 bridgehead atoms. The minimum absolute atomic E-state index is 0.0397. The summed E-state index contributed by atoms with van der Waals surface area (Å²) in [6.07, 6.45) is 6.22. The van der Waals surface area contributed by atoms with E-state index in [4.69, 9.17) is 4.52 Å². The molecule has 0 unspecified atom stereocenters. The van der Waals surface area contributed by atoms with Gasteiger partial charge in [-0.3, -0.25) is 14.5 Å². The van der Waals surface area contributed by atoms with Gasteiger partial charge < -0.3 is 14.7 Å². The summed E-state index contributed by atoms with van der Waals surface area (Å²) in [7, 11) is 0. The predicted molar refractivity (Wildman–Crippen MR) is 99.7 cm³/mol. The summed E-state index contributed by atoms with van der Waals surface area (Å²) in [5.74, 6) is 1.60. The molecule has 3 fully saturated rings. The van der Waals surface area contributed by atoms with Crippen molar-refractivity contribution in [3.63, 3.8) is 0 Å². The Bertz CT molecular complexity index is 677. The van der Waals surface area contributed by atoms with Crippen LogP contribution in [0.1, 0.15) is 50.0 Å². The van der Waals surface area contributed by atoms with Gasteiger partial charge in [0.2, 0.25) is 11.8 Å². The van der Waals surface area contributed by atoms with Gasteiger partial charge >= 0.3 is 0 Å². The van der Waals surface area contributed by atoms with E-state index in [-0.39, 0.29) is 11.8 Å². The number of carbonyl (C=O) groups excluding carboxylic acids is 2. The molecule has 1 aliphatic carbocycles. The summed E-state index contributed by atoms with van der Waals surface area (Å²) in [6.45, 7) is 5.91. The SMILES string of the molecule is Cc1cc(CNC(=O)[C@@H]2CCCN(C3CCN(C(=O)C4CC4)CC3)C2)no1. The summed E-state index contributed by atoms with van der Waals surface area (Å²) in [6, 6.07) is 2.35. The van der Waals surface area contributed by atoms with Gasteiger partial charge in [0.15, 0.2) is 0 Å². The van der Waals surface area contributed by atoms with Crippen LogP contribution in [-0.2, 0) is 16.1 Å². The molecular formula is C20H30N4O3. The molecule has 0 spiro atoms. The van der Waals surface area contributed by atoms with Crippen molar-refractivity contribution >= 4 is 11.8 Å². The van der Waals surface area contributed by atoms with Crippen LogP contribution in [0.15, 0.2) is 10.6 Å². The van der Waals surface area contributed by atoms with Crippen molar-refractivity contribution < 1.29 is 14.1 Å². The third kappa shape index (κ3) is 4.51. The molecule has 7 heteroatoms. The first-order valence-electron chi connectivity index (χ1n) is 10.3. The highest BCUT2D eigenvalue weighted by Crippen LogP contribution is 2.32. The lowest BCUT2D eigenvalue weighted by atomic mass is 9.93. The van der Waals surface area contributed by atoms with Crippen LogP contribution in [0.25, 0.3) is 0 Å². The van der Waals surface area contributed by atoms with Gasteiger partial charge in [0.1, 0.15) is 11.5 Å². The zero-order valence-electron chi connectivity index (χ0n) is 16.2. The van der Waals surface area contributed by atoms with Crippen molar-refractivity contribution in [2.45, 2.75) is 58.0 Å². The van der Waals surface area contributed by atoms with Crippen LogP contribution in [0.4, 0.5) is 0 Å². The molecule has 2 amide bonds. The molecule has 1 saturated carbocycles. The van der Waals surface area contributed by atoms with Crippen LogP contribution in [0.3, 0.4) is 0 Å². The van der Waals surface area contributed by atoms with Crippen molar-refractivity contribution in [1.82, 2.24) is 20.3 Å². The largest absolute Gasteiger partial charge is 0.361 e. The van der Waals surface area contributed by atoms with Crippen LogP contribution in [0.2, 0.25) is 0 Å². The lowest BCUT2D eigenvalue weighted by Crippen LogP contribution is -2.51.